The first-order chi connectivity index (χ1) is 12.8. The number of carbonyl (C=O) groups excluding carboxylic acids is 2. The van der Waals surface area contributed by atoms with E-state index in [1.165, 1.54) is 30.3 Å². The van der Waals surface area contributed by atoms with E-state index in [4.69, 9.17) is 4.74 Å². The maximum Gasteiger partial charge on any atom is 0.264 e. The van der Waals surface area contributed by atoms with Crippen molar-refractivity contribution in [3.05, 3.63) is 60.2 Å². The Balaban J connectivity index is 1.98. The van der Waals surface area contributed by atoms with Gasteiger partial charge in [-0.25, -0.2) is 13.1 Å². The van der Waals surface area contributed by atoms with Crippen molar-refractivity contribution in [1.29, 1.82) is 0 Å². The number of anilines is 1. The van der Waals surface area contributed by atoms with Crippen molar-refractivity contribution in [3.8, 4) is 5.75 Å². The number of hydrogen-bond donors (Lipinski definition) is 2. The molecule has 0 aliphatic carbocycles. The van der Waals surface area contributed by atoms with E-state index in [9.17, 15) is 18.0 Å². The minimum Gasteiger partial charge on any atom is -0.494 e. The quantitative estimate of drug-likeness (QED) is 0.710. The molecule has 0 unspecified atom stereocenters. The molecule has 0 saturated heterocycles. The van der Waals surface area contributed by atoms with Gasteiger partial charge in [-0.2, -0.15) is 0 Å². The van der Waals surface area contributed by atoms with Crippen molar-refractivity contribution in [2.45, 2.75) is 18.7 Å². The SMILES string of the molecule is CCOc1ccc(/C=C/C(=O)Nc2ccc(S(=O)(=O)NC(C)=O)cc2)cc1. The van der Waals surface area contributed by atoms with Gasteiger partial charge in [0, 0.05) is 18.7 Å². The monoisotopic (exact) mass is 388 g/mol. The predicted molar refractivity (Wildman–Crippen MR) is 103 cm³/mol. The third kappa shape index (κ3) is 6.27. The van der Waals surface area contributed by atoms with Crippen molar-refractivity contribution >= 4 is 33.6 Å². The normalized spacial score (nSPS) is 11.2. The first-order valence-corrected chi connectivity index (χ1v) is 9.64. The zero-order chi connectivity index (χ0) is 19.9. The van der Waals surface area contributed by atoms with Crippen LogP contribution in [0.3, 0.4) is 0 Å². The van der Waals surface area contributed by atoms with Crippen LogP contribution in [-0.2, 0) is 19.6 Å². The summed E-state index contributed by atoms with van der Waals surface area (Å²) < 4.78 is 30.9. The Labute approximate surface area is 158 Å². The minimum atomic E-state index is -3.90. The van der Waals surface area contributed by atoms with Crippen LogP contribution in [0.1, 0.15) is 19.4 Å². The van der Waals surface area contributed by atoms with E-state index in [2.05, 4.69) is 5.32 Å². The van der Waals surface area contributed by atoms with Crippen LogP contribution >= 0.6 is 0 Å². The standard InChI is InChI=1S/C19H20N2O5S/c1-3-26-17-9-4-15(5-10-17)6-13-19(23)20-16-7-11-18(12-8-16)27(24,25)21-14(2)22/h4-13H,3H2,1-2H3,(H,20,23)(H,21,22)/b13-6+. The first-order valence-electron chi connectivity index (χ1n) is 8.15. The summed E-state index contributed by atoms with van der Waals surface area (Å²) in [5.41, 5.74) is 1.27. The molecule has 0 heterocycles. The molecule has 2 N–H and O–H groups in total. The molecule has 8 heteroatoms. The average Bonchev–Trinajstić information content (AvgIpc) is 2.61. The molecule has 0 aromatic heterocycles. The molecule has 0 aliphatic heterocycles. The third-order valence-electron chi connectivity index (χ3n) is 3.33. The molecule has 0 fully saturated rings. The van der Waals surface area contributed by atoms with Gasteiger partial charge in [0.1, 0.15) is 5.75 Å². The molecule has 2 aromatic rings. The molecule has 0 spiro atoms. The van der Waals surface area contributed by atoms with Crippen LogP contribution in [0.25, 0.3) is 6.08 Å². The molecule has 0 radical (unpaired) electrons. The Morgan fingerprint density at radius 3 is 2.22 bits per heavy atom. The molecule has 0 bridgehead atoms. The summed E-state index contributed by atoms with van der Waals surface area (Å²) in [7, 11) is -3.90. The van der Waals surface area contributed by atoms with Crippen LogP contribution in [-0.4, -0.2) is 26.8 Å². The van der Waals surface area contributed by atoms with E-state index >= 15 is 0 Å². The Morgan fingerprint density at radius 1 is 1.04 bits per heavy atom. The fourth-order valence-corrected chi connectivity index (χ4v) is 3.15. The first kappa shape index (κ1) is 20.2. The van der Waals surface area contributed by atoms with Crippen LogP contribution in [0.5, 0.6) is 5.75 Å². The lowest BCUT2D eigenvalue weighted by Gasteiger charge is -2.06. The summed E-state index contributed by atoms with van der Waals surface area (Å²) in [4.78, 5) is 22.8. The second-order valence-corrected chi connectivity index (χ2v) is 7.19. The van der Waals surface area contributed by atoms with Crippen molar-refractivity contribution in [3.63, 3.8) is 0 Å². The van der Waals surface area contributed by atoms with Gasteiger partial charge in [-0.05, 0) is 55.0 Å². The van der Waals surface area contributed by atoms with Crippen molar-refractivity contribution in [2.24, 2.45) is 0 Å². The molecule has 7 nitrogen and oxygen atoms in total. The van der Waals surface area contributed by atoms with Gasteiger partial charge in [0.05, 0.1) is 11.5 Å². The summed E-state index contributed by atoms with van der Waals surface area (Å²) in [6.45, 7) is 3.60. The van der Waals surface area contributed by atoms with E-state index in [0.717, 1.165) is 18.2 Å². The topological polar surface area (TPSA) is 102 Å². The predicted octanol–water partition coefficient (Wildman–Crippen LogP) is 2.56. The Kier molecular flexibility index (Phi) is 6.73. The molecule has 142 valence electrons. The maximum absolute atomic E-state index is 12.0. The molecule has 2 amide bonds. The van der Waals surface area contributed by atoms with Gasteiger partial charge in [-0.3, -0.25) is 9.59 Å². The summed E-state index contributed by atoms with van der Waals surface area (Å²) in [6, 6.07) is 12.8. The van der Waals surface area contributed by atoms with Crippen molar-refractivity contribution in [2.75, 3.05) is 11.9 Å². The molecule has 0 atom stereocenters. The summed E-state index contributed by atoms with van der Waals surface area (Å²) in [5.74, 6) is -0.276. The van der Waals surface area contributed by atoms with Crippen LogP contribution < -0.4 is 14.8 Å². The number of amides is 2. The molecular formula is C19H20N2O5S. The fraction of sp³-hybridized carbons (Fsp3) is 0.158. The molecule has 2 aromatic carbocycles. The number of sulfonamides is 1. The second-order valence-electron chi connectivity index (χ2n) is 5.51. The zero-order valence-electron chi connectivity index (χ0n) is 14.9. The van der Waals surface area contributed by atoms with Gasteiger partial charge in [-0.1, -0.05) is 12.1 Å². The molecule has 0 aliphatic rings. The van der Waals surface area contributed by atoms with Gasteiger partial charge < -0.3 is 10.1 Å². The zero-order valence-corrected chi connectivity index (χ0v) is 15.7. The molecule has 27 heavy (non-hydrogen) atoms. The highest BCUT2D eigenvalue weighted by Gasteiger charge is 2.15. The highest BCUT2D eigenvalue weighted by molar-refractivity contribution is 7.90. The lowest BCUT2D eigenvalue weighted by Crippen LogP contribution is -2.28. The number of rotatable bonds is 7. The van der Waals surface area contributed by atoms with E-state index in [0.29, 0.717) is 12.3 Å². The third-order valence-corrected chi connectivity index (χ3v) is 4.78. The second kappa shape index (κ2) is 9.00. The largest absolute Gasteiger partial charge is 0.494 e. The number of hydrogen-bond acceptors (Lipinski definition) is 5. The Hall–Kier alpha value is -3.13. The van der Waals surface area contributed by atoms with Gasteiger partial charge in [-0.15, -0.1) is 0 Å². The van der Waals surface area contributed by atoms with Crippen LogP contribution in [0.2, 0.25) is 0 Å². The van der Waals surface area contributed by atoms with Crippen LogP contribution in [0.4, 0.5) is 5.69 Å². The van der Waals surface area contributed by atoms with E-state index in [1.54, 1.807) is 6.08 Å². The number of carbonyl (C=O) groups is 2. The summed E-state index contributed by atoms with van der Waals surface area (Å²) in [5, 5.41) is 2.63. The highest BCUT2D eigenvalue weighted by atomic mass is 32.2. The maximum atomic E-state index is 12.0. The van der Waals surface area contributed by atoms with Crippen molar-refractivity contribution < 1.29 is 22.7 Å². The number of benzene rings is 2. The lowest BCUT2D eigenvalue weighted by molar-refractivity contribution is -0.117. The molecule has 0 saturated carbocycles. The minimum absolute atomic E-state index is 0.0689. The van der Waals surface area contributed by atoms with Gasteiger partial charge in [0.2, 0.25) is 11.8 Å². The Bertz CT molecular complexity index is 933. The number of ether oxygens (including phenoxy) is 1. The molecular weight excluding hydrogens is 368 g/mol. The smallest absolute Gasteiger partial charge is 0.264 e. The highest BCUT2D eigenvalue weighted by Crippen LogP contribution is 2.15. The molecule has 2 rings (SSSR count). The van der Waals surface area contributed by atoms with Crippen LogP contribution in [0, 0.1) is 0 Å². The Morgan fingerprint density at radius 2 is 1.67 bits per heavy atom. The summed E-state index contributed by atoms with van der Waals surface area (Å²) in [6.07, 6.45) is 3.03. The van der Waals surface area contributed by atoms with E-state index in [1.807, 2.05) is 35.9 Å². The average molecular weight is 388 g/mol. The summed E-state index contributed by atoms with van der Waals surface area (Å²) >= 11 is 0. The van der Waals surface area contributed by atoms with Gasteiger partial charge in [0.15, 0.2) is 0 Å². The van der Waals surface area contributed by atoms with Crippen molar-refractivity contribution in [1.82, 2.24) is 4.72 Å². The van der Waals surface area contributed by atoms with Crippen LogP contribution in [0.15, 0.2) is 59.5 Å². The van der Waals surface area contributed by atoms with E-state index in [-0.39, 0.29) is 10.8 Å². The van der Waals surface area contributed by atoms with Gasteiger partial charge >= 0.3 is 0 Å². The lowest BCUT2D eigenvalue weighted by atomic mass is 10.2. The fourth-order valence-electron chi connectivity index (χ4n) is 2.16. The van der Waals surface area contributed by atoms with E-state index < -0.39 is 15.9 Å². The number of nitrogens with one attached hydrogen (secondary N) is 2. The van der Waals surface area contributed by atoms with Gasteiger partial charge in [0.25, 0.3) is 10.0 Å².